The first-order valence-corrected chi connectivity index (χ1v) is 6.48. The predicted molar refractivity (Wildman–Crippen MR) is 68.7 cm³/mol. The Kier molecular flexibility index (Phi) is 4.42. The molecular weight excluding hydrogens is 238 g/mol. The molecule has 1 heterocycles. The van der Waals surface area contributed by atoms with Crippen LogP contribution in [0.2, 0.25) is 5.02 Å². The quantitative estimate of drug-likeness (QED) is 0.898. The van der Waals surface area contributed by atoms with Crippen molar-refractivity contribution in [2.45, 2.75) is 32.1 Å². The van der Waals surface area contributed by atoms with E-state index in [1.807, 2.05) is 0 Å². The molecule has 1 fully saturated rings. The van der Waals surface area contributed by atoms with Gasteiger partial charge in [-0.05, 0) is 18.8 Å². The summed E-state index contributed by atoms with van der Waals surface area (Å²) in [4.78, 5) is 8.15. The Balaban J connectivity index is 1.92. The van der Waals surface area contributed by atoms with Crippen LogP contribution in [0.15, 0.2) is 6.20 Å². The largest absolute Gasteiger partial charge is 0.467 e. The van der Waals surface area contributed by atoms with E-state index in [-0.39, 0.29) is 0 Å². The van der Waals surface area contributed by atoms with E-state index < -0.39 is 0 Å². The van der Waals surface area contributed by atoms with Crippen molar-refractivity contribution in [2.75, 3.05) is 19.0 Å². The molecule has 1 aromatic heterocycles. The maximum absolute atomic E-state index is 6.03. The van der Waals surface area contributed by atoms with Crippen LogP contribution < -0.4 is 10.1 Å². The van der Waals surface area contributed by atoms with Crippen molar-refractivity contribution >= 4 is 17.4 Å². The monoisotopic (exact) mass is 255 g/mol. The van der Waals surface area contributed by atoms with Gasteiger partial charge in [0.1, 0.15) is 5.02 Å². The average Bonchev–Trinajstić information content (AvgIpc) is 2.39. The van der Waals surface area contributed by atoms with Gasteiger partial charge >= 0.3 is 6.01 Å². The smallest absolute Gasteiger partial charge is 0.318 e. The highest BCUT2D eigenvalue weighted by Gasteiger charge is 2.14. The number of methoxy groups -OCH3 is 1. The van der Waals surface area contributed by atoms with Crippen LogP contribution in [0, 0.1) is 5.92 Å². The van der Waals surface area contributed by atoms with Crippen molar-refractivity contribution < 1.29 is 4.74 Å². The first-order valence-electron chi connectivity index (χ1n) is 6.10. The second kappa shape index (κ2) is 6.05. The molecule has 0 saturated heterocycles. The maximum atomic E-state index is 6.03. The van der Waals surface area contributed by atoms with Crippen LogP contribution in [0.25, 0.3) is 0 Å². The van der Waals surface area contributed by atoms with Gasteiger partial charge in [-0.1, -0.05) is 30.9 Å². The van der Waals surface area contributed by atoms with Crippen LogP contribution >= 0.6 is 11.6 Å². The van der Waals surface area contributed by atoms with Crippen LogP contribution in [0.5, 0.6) is 6.01 Å². The van der Waals surface area contributed by atoms with E-state index in [2.05, 4.69) is 15.3 Å². The molecule has 1 aliphatic rings. The number of halogens is 1. The fraction of sp³-hybridized carbons (Fsp3) is 0.667. The third kappa shape index (κ3) is 3.46. The molecule has 1 aromatic rings. The highest BCUT2D eigenvalue weighted by molar-refractivity contribution is 6.32. The first kappa shape index (κ1) is 12.4. The summed E-state index contributed by atoms with van der Waals surface area (Å²) in [5.74, 6) is 1.41. The Morgan fingerprint density at radius 2 is 2.18 bits per heavy atom. The maximum Gasteiger partial charge on any atom is 0.318 e. The van der Waals surface area contributed by atoms with Crippen LogP contribution in [-0.2, 0) is 0 Å². The number of aromatic nitrogens is 2. The zero-order chi connectivity index (χ0) is 12.1. The summed E-state index contributed by atoms with van der Waals surface area (Å²) in [5.41, 5.74) is 0. The van der Waals surface area contributed by atoms with E-state index in [0.717, 1.165) is 12.5 Å². The topological polar surface area (TPSA) is 47.0 Å². The van der Waals surface area contributed by atoms with Crippen molar-refractivity contribution in [1.82, 2.24) is 9.97 Å². The van der Waals surface area contributed by atoms with Gasteiger partial charge in [0, 0.05) is 6.54 Å². The van der Waals surface area contributed by atoms with Crippen LogP contribution in [0.1, 0.15) is 32.1 Å². The molecule has 0 atom stereocenters. The Bertz CT molecular complexity index is 367. The second-order valence-electron chi connectivity index (χ2n) is 4.44. The third-order valence-electron chi connectivity index (χ3n) is 3.19. The van der Waals surface area contributed by atoms with Gasteiger partial charge in [-0.3, -0.25) is 0 Å². The highest BCUT2D eigenvalue weighted by Crippen LogP contribution is 2.25. The van der Waals surface area contributed by atoms with Gasteiger partial charge in [-0.25, -0.2) is 4.98 Å². The molecular formula is C12H18ClN3O. The molecule has 1 aliphatic carbocycles. The zero-order valence-corrected chi connectivity index (χ0v) is 10.8. The van der Waals surface area contributed by atoms with Gasteiger partial charge < -0.3 is 10.1 Å². The molecule has 0 unspecified atom stereocenters. The summed E-state index contributed by atoms with van der Waals surface area (Å²) < 4.78 is 4.98. The normalized spacial score (nSPS) is 16.8. The molecule has 2 rings (SSSR count). The van der Waals surface area contributed by atoms with Gasteiger partial charge in [0.2, 0.25) is 0 Å². The number of anilines is 1. The van der Waals surface area contributed by atoms with E-state index in [1.54, 1.807) is 13.3 Å². The van der Waals surface area contributed by atoms with E-state index in [1.165, 1.54) is 32.1 Å². The molecule has 0 aromatic carbocycles. The van der Waals surface area contributed by atoms with Crippen LogP contribution in [0.3, 0.4) is 0 Å². The number of rotatable bonds is 4. The molecule has 0 spiro atoms. The van der Waals surface area contributed by atoms with E-state index in [9.17, 15) is 0 Å². The molecule has 17 heavy (non-hydrogen) atoms. The first-order chi connectivity index (χ1) is 8.29. The van der Waals surface area contributed by atoms with Gasteiger partial charge in [-0.15, -0.1) is 0 Å². The lowest BCUT2D eigenvalue weighted by molar-refractivity contribution is 0.371. The standard InChI is InChI=1S/C12H18ClN3O/c1-17-12-15-8-10(13)11(16-12)14-7-9-5-3-2-4-6-9/h8-9H,2-7H2,1H3,(H,14,15,16). The lowest BCUT2D eigenvalue weighted by Crippen LogP contribution is -2.18. The minimum absolute atomic E-state index is 0.348. The van der Waals surface area contributed by atoms with Gasteiger partial charge in [0.25, 0.3) is 0 Å². The Hall–Kier alpha value is -1.03. The van der Waals surface area contributed by atoms with Crippen LogP contribution in [0.4, 0.5) is 5.82 Å². The summed E-state index contributed by atoms with van der Waals surface area (Å²) >= 11 is 6.03. The molecule has 0 aliphatic heterocycles. The van der Waals surface area contributed by atoms with Gasteiger partial charge in [0.05, 0.1) is 13.3 Å². The number of hydrogen-bond donors (Lipinski definition) is 1. The molecule has 0 amide bonds. The SMILES string of the molecule is COc1ncc(Cl)c(NCC2CCCCC2)n1. The fourth-order valence-electron chi connectivity index (χ4n) is 2.21. The Labute approximate surface area is 107 Å². The summed E-state index contributed by atoms with van der Waals surface area (Å²) in [7, 11) is 1.55. The molecule has 0 radical (unpaired) electrons. The Morgan fingerprint density at radius 3 is 2.88 bits per heavy atom. The number of nitrogens with one attached hydrogen (secondary N) is 1. The van der Waals surface area contributed by atoms with E-state index in [4.69, 9.17) is 16.3 Å². The summed E-state index contributed by atoms with van der Waals surface area (Å²) in [6.45, 7) is 0.930. The molecule has 1 N–H and O–H groups in total. The van der Waals surface area contributed by atoms with Crippen molar-refractivity contribution in [2.24, 2.45) is 5.92 Å². The van der Waals surface area contributed by atoms with Gasteiger partial charge in [-0.2, -0.15) is 4.98 Å². The molecule has 5 heteroatoms. The van der Waals surface area contributed by atoms with Crippen LogP contribution in [-0.4, -0.2) is 23.6 Å². The highest BCUT2D eigenvalue weighted by atomic mass is 35.5. The lowest BCUT2D eigenvalue weighted by atomic mass is 9.89. The van der Waals surface area contributed by atoms with Gasteiger partial charge in [0.15, 0.2) is 5.82 Å². The summed E-state index contributed by atoms with van der Waals surface area (Å²) in [5, 5.41) is 3.84. The van der Waals surface area contributed by atoms with E-state index in [0.29, 0.717) is 16.9 Å². The minimum atomic E-state index is 0.348. The van der Waals surface area contributed by atoms with Crippen molar-refractivity contribution in [3.8, 4) is 6.01 Å². The summed E-state index contributed by atoms with van der Waals surface area (Å²) in [6, 6.07) is 0.348. The average molecular weight is 256 g/mol. The number of hydrogen-bond acceptors (Lipinski definition) is 4. The lowest BCUT2D eigenvalue weighted by Gasteiger charge is -2.22. The molecule has 1 saturated carbocycles. The van der Waals surface area contributed by atoms with E-state index >= 15 is 0 Å². The zero-order valence-electron chi connectivity index (χ0n) is 10.1. The molecule has 4 nitrogen and oxygen atoms in total. The van der Waals surface area contributed by atoms with Crippen molar-refractivity contribution in [3.05, 3.63) is 11.2 Å². The molecule has 94 valence electrons. The van der Waals surface area contributed by atoms with Crippen molar-refractivity contribution in [3.63, 3.8) is 0 Å². The Morgan fingerprint density at radius 1 is 1.41 bits per heavy atom. The van der Waals surface area contributed by atoms with Crippen molar-refractivity contribution in [1.29, 1.82) is 0 Å². The molecule has 0 bridgehead atoms. The summed E-state index contributed by atoms with van der Waals surface area (Å²) in [6.07, 6.45) is 8.22. The third-order valence-corrected chi connectivity index (χ3v) is 3.46. The second-order valence-corrected chi connectivity index (χ2v) is 4.85. The predicted octanol–water partition coefficient (Wildman–Crippen LogP) is 3.13. The fourth-order valence-corrected chi connectivity index (χ4v) is 2.36. The number of nitrogens with zero attached hydrogens (tertiary/aromatic N) is 2. The number of ether oxygens (including phenoxy) is 1. The minimum Gasteiger partial charge on any atom is -0.467 e.